The van der Waals surface area contributed by atoms with Gasteiger partial charge in [-0.15, -0.1) is 5.10 Å². The molecule has 3 rings (SSSR count). The van der Waals surface area contributed by atoms with Gasteiger partial charge in [0.1, 0.15) is 11.1 Å². The molecule has 2 heterocycles. The van der Waals surface area contributed by atoms with Crippen molar-refractivity contribution in [1.82, 2.24) is 20.0 Å². The molecule has 2 aromatic rings. The van der Waals surface area contributed by atoms with Crippen molar-refractivity contribution in [3.63, 3.8) is 0 Å². The number of nitrogens with zero attached hydrogens (tertiary/aromatic N) is 5. The number of amides is 1. The third kappa shape index (κ3) is 4.32. The molecule has 1 fully saturated rings. The standard InChI is InChI=1S/C17H26N6O2/c1-17(2,3)25-16(24)20-22(5)14-13-7-6-10-23(13)19-15(18-14)21(4)11-12-8-9-12/h6-7,10,12H,8-9,11H2,1-5H3,(H,20,24). The largest absolute Gasteiger partial charge is 0.443 e. The highest BCUT2D eigenvalue weighted by Gasteiger charge is 2.25. The summed E-state index contributed by atoms with van der Waals surface area (Å²) in [5, 5.41) is 6.13. The maximum atomic E-state index is 12.1. The van der Waals surface area contributed by atoms with Crippen LogP contribution in [0.25, 0.3) is 5.52 Å². The Labute approximate surface area is 147 Å². The topological polar surface area (TPSA) is 75.0 Å². The molecule has 0 spiro atoms. The summed E-state index contributed by atoms with van der Waals surface area (Å²) in [6.45, 7) is 6.42. The molecule has 0 aliphatic heterocycles. The second-order valence-corrected chi connectivity index (χ2v) is 7.57. The first-order valence-corrected chi connectivity index (χ1v) is 8.53. The van der Waals surface area contributed by atoms with E-state index in [1.165, 1.54) is 12.8 Å². The van der Waals surface area contributed by atoms with Gasteiger partial charge in [0, 0.05) is 26.8 Å². The molecular weight excluding hydrogens is 320 g/mol. The zero-order valence-corrected chi connectivity index (χ0v) is 15.5. The maximum Gasteiger partial charge on any atom is 0.426 e. The number of hydrogen-bond donors (Lipinski definition) is 1. The summed E-state index contributed by atoms with van der Waals surface area (Å²) in [6.07, 6.45) is 3.88. The van der Waals surface area contributed by atoms with E-state index in [1.54, 1.807) is 16.6 Å². The fourth-order valence-corrected chi connectivity index (χ4v) is 2.58. The molecule has 0 bridgehead atoms. The van der Waals surface area contributed by atoms with Crippen LogP contribution in [0.1, 0.15) is 33.6 Å². The highest BCUT2D eigenvalue weighted by atomic mass is 16.6. The monoisotopic (exact) mass is 346 g/mol. The Kier molecular flexibility index (Phi) is 4.45. The summed E-state index contributed by atoms with van der Waals surface area (Å²) in [6, 6.07) is 3.81. The average molecular weight is 346 g/mol. The summed E-state index contributed by atoms with van der Waals surface area (Å²) < 4.78 is 7.08. The third-order valence-electron chi connectivity index (χ3n) is 3.91. The van der Waals surface area contributed by atoms with Crippen LogP contribution in [-0.4, -0.2) is 46.9 Å². The minimum atomic E-state index is -0.559. The lowest BCUT2D eigenvalue weighted by atomic mass is 10.2. The quantitative estimate of drug-likeness (QED) is 0.838. The van der Waals surface area contributed by atoms with E-state index in [-0.39, 0.29) is 0 Å². The van der Waals surface area contributed by atoms with E-state index in [0.717, 1.165) is 18.0 Å². The predicted octanol–water partition coefficient (Wildman–Crippen LogP) is 2.45. The molecule has 8 nitrogen and oxygen atoms in total. The van der Waals surface area contributed by atoms with Crippen molar-refractivity contribution in [2.45, 2.75) is 39.2 Å². The molecule has 2 aromatic heterocycles. The van der Waals surface area contributed by atoms with E-state index in [0.29, 0.717) is 11.8 Å². The number of nitrogens with one attached hydrogen (secondary N) is 1. The Hall–Kier alpha value is -2.51. The Morgan fingerprint density at radius 3 is 2.76 bits per heavy atom. The van der Waals surface area contributed by atoms with E-state index in [2.05, 4.69) is 20.4 Å². The molecule has 1 aliphatic carbocycles. The van der Waals surface area contributed by atoms with Crippen molar-refractivity contribution in [2.75, 3.05) is 30.5 Å². The SMILES string of the molecule is CN(CC1CC1)c1nc(N(C)NC(=O)OC(C)(C)C)c2cccn2n1. The van der Waals surface area contributed by atoms with E-state index in [9.17, 15) is 4.79 Å². The van der Waals surface area contributed by atoms with Gasteiger partial charge in [-0.25, -0.2) is 14.7 Å². The van der Waals surface area contributed by atoms with E-state index in [1.807, 2.05) is 46.1 Å². The van der Waals surface area contributed by atoms with Gasteiger partial charge in [-0.3, -0.25) is 5.01 Å². The number of carbonyl (C=O) groups excluding carboxylic acids is 1. The molecule has 0 unspecified atom stereocenters. The summed E-state index contributed by atoms with van der Waals surface area (Å²) in [5.41, 5.74) is 2.95. The van der Waals surface area contributed by atoms with Crippen LogP contribution in [0.15, 0.2) is 18.3 Å². The second kappa shape index (κ2) is 6.42. The van der Waals surface area contributed by atoms with Crippen LogP contribution in [0.5, 0.6) is 0 Å². The summed E-state index contributed by atoms with van der Waals surface area (Å²) >= 11 is 0. The molecule has 0 atom stereocenters. The van der Waals surface area contributed by atoms with Gasteiger partial charge in [-0.2, -0.15) is 4.98 Å². The summed E-state index contributed by atoms with van der Waals surface area (Å²) in [7, 11) is 3.73. The number of hydrazine groups is 1. The number of ether oxygens (including phenoxy) is 1. The highest BCUT2D eigenvalue weighted by Crippen LogP contribution is 2.30. The second-order valence-electron chi connectivity index (χ2n) is 7.57. The molecule has 0 radical (unpaired) electrons. The van der Waals surface area contributed by atoms with Crippen molar-refractivity contribution in [2.24, 2.45) is 5.92 Å². The molecule has 0 saturated heterocycles. The first-order valence-electron chi connectivity index (χ1n) is 8.53. The average Bonchev–Trinajstić information content (AvgIpc) is 3.17. The Morgan fingerprint density at radius 1 is 1.40 bits per heavy atom. The van der Waals surface area contributed by atoms with Crippen LogP contribution >= 0.6 is 0 Å². The van der Waals surface area contributed by atoms with Gasteiger partial charge in [-0.05, 0) is 51.7 Å². The normalized spacial score (nSPS) is 14.4. The number of carbonyl (C=O) groups is 1. The van der Waals surface area contributed by atoms with Crippen LogP contribution in [0.4, 0.5) is 16.6 Å². The number of rotatable bonds is 5. The zero-order chi connectivity index (χ0) is 18.2. The predicted molar refractivity (Wildman–Crippen MR) is 96.8 cm³/mol. The van der Waals surface area contributed by atoms with Crippen molar-refractivity contribution in [3.05, 3.63) is 18.3 Å². The van der Waals surface area contributed by atoms with Gasteiger partial charge in [0.2, 0.25) is 5.95 Å². The van der Waals surface area contributed by atoms with Crippen LogP contribution in [0.3, 0.4) is 0 Å². The lowest BCUT2D eigenvalue weighted by molar-refractivity contribution is 0.0524. The van der Waals surface area contributed by atoms with Gasteiger partial charge in [0.15, 0.2) is 5.82 Å². The molecular formula is C17H26N6O2. The van der Waals surface area contributed by atoms with Gasteiger partial charge in [-0.1, -0.05) is 0 Å². The molecule has 25 heavy (non-hydrogen) atoms. The van der Waals surface area contributed by atoms with Crippen LogP contribution in [0.2, 0.25) is 0 Å². The van der Waals surface area contributed by atoms with Crippen LogP contribution in [0, 0.1) is 5.92 Å². The van der Waals surface area contributed by atoms with Crippen molar-refractivity contribution >= 4 is 23.4 Å². The van der Waals surface area contributed by atoms with Gasteiger partial charge in [0.25, 0.3) is 0 Å². The van der Waals surface area contributed by atoms with Gasteiger partial charge >= 0.3 is 6.09 Å². The molecule has 1 saturated carbocycles. The molecule has 1 N–H and O–H groups in total. The van der Waals surface area contributed by atoms with E-state index >= 15 is 0 Å². The van der Waals surface area contributed by atoms with Crippen LogP contribution in [-0.2, 0) is 4.74 Å². The lowest BCUT2D eigenvalue weighted by Gasteiger charge is -2.25. The molecule has 136 valence electrons. The van der Waals surface area contributed by atoms with E-state index < -0.39 is 11.7 Å². The molecule has 0 aromatic carbocycles. The molecule has 8 heteroatoms. The number of aromatic nitrogens is 3. The molecule has 1 aliphatic rings. The Balaban J connectivity index is 1.83. The van der Waals surface area contributed by atoms with Crippen LogP contribution < -0.4 is 15.3 Å². The van der Waals surface area contributed by atoms with Crippen molar-refractivity contribution in [1.29, 1.82) is 0 Å². The number of fused-ring (bicyclic) bond motifs is 1. The lowest BCUT2D eigenvalue weighted by Crippen LogP contribution is -2.43. The van der Waals surface area contributed by atoms with Crippen molar-refractivity contribution in [3.8, 4) is 0 Å². The Morgan fingerprint density at radius 2 is 2.12 bits per heavy atom. The van der Waals surface area contributed by atoms with Gasteiger partial charge < -0.3 is 9.64 Å². The highest BCUT2D eigenvalue weighted by molar-refractivity contribution is 5.75. The van der Waals surface area contributed by atoms with E-state index in [4.69, 9.17) is 4.74 Å². The first kappa shape index (κ1) is 17.3. The number of anilines is 2. The third-order valence-corrected chi connectivity index (χ3v) is 3.91. The fraction of sp³-hybridized carbons (Fsp3) is 0.588. The zero-order valence-electron chi connectivity index (χ0n) is 15.5. The Bertz CT molecular complexity index is 762. The first-order chi connectivity index (χ1) is 11.7. The fourth-order valence-electron chi connectivity index (χ4n) is 2.58. The summed E-state index contributed by atoms with van der Waals surface area (Å²) in [5.74, 6) is 1.97. The smallest absolute Gasteiger partial charge is 0.426 e. The van der Waals surface area contributed by atoms with Gasteiger partial charge in [0.05, 0.1) is 0 Å². The minimum Gasteiger partial charge on any atom is -0.443 e. The minimum absolute atomic E-state index is 0.522. The molecule has 1 amide bonds. The number of hydrogen-bond acceptors (Lipinski definition) is 6. The maximum absolute atomic E-state index is 12.1. The summed E-state index contributed by atoms with van der Waals surface area (Å²) in [4.78, 5) is 18.8. The van der Waals surface area contributed by atoms with Crippen molar-refractivity contribution < 1.29 is 9.53 Å².